The summed E-state index contributed by atoms with van der Waals surface area (Å²) in [6.45, 7) is 0. The maximum Gasteiger partial charge on any atom is 0.170 e. The first kappa shape index (κ1) is 24.8. The van der Waals surface area contributed by atoms with E-state index < -0.39 is 0 Å². The van der Waals surface area contributed by atoms with E-state index in [1.165, 1.54) is 16.7 Å². The van der Waals surface area contributed by atoms with Crippen LogP contribution < -0.4 is 0 Å². The summed E-state index contributed by atoms with van der Waals surface area (Å²) >= 11 is 1.65. The SMILES string of the molecule is c1ccc(-c2ccc(-c3cc(-c4ccc(-c5cccc(-c6cccnc6)c5)cc4)nc(-c4cccs4)n3)cc2)cc1. The van der Waals surface area contributed by atoms with E-state index in [1.54, 1.807) is 17.5 Å². The highest BCUT2D eigenvalue weighted by molar-refractivity contribution is 7.13. The van der Waals surface area contributed by atoms with Crippen LogP contribution in [0.3, 0.4) is 0 Å². The summed E-state index contributed by atoms with van der Waals surface area (Å²) < 4.78 is 0. The fourth-order valence-electron chi connectivity index (χ4n) is 4.97. The van der Waals surface area contributed by atoms with Gasteiger partial charge in [0.2, 0.25) is 0 Å². The van der Waals surface area contributed by atoms with Gasteiger partial charge in [0.15, 0.2) is 5.82 Å². The molecule has 0 saturated carbocycles. The van der Waals surface area contributed by atoms with E-state index in [1.807, 2.05) is 24.4 Å². The van der Waals surface area contributed by atoms with Crippen molar-refractivity contribution in [3.63, 3.8) is 0 Å². The average molecular weight is 544 g/mol. The quantitative estimate of drug-likeness (QED) is 0.209. The van der Waals surface area contributed by atoms with Crippen molar-refractivity contribution in [3.05, 3.63) is 151 Å². The van der Waals surface area contributed by atoms with Gasteiger partial charge in [0.05, 0.1) is 16.3 Å². The second kappa shape index (κ2) is 11.1. The molecule has 0 N–H and O–H groups in total. The molecule has 7 rings (SSSR count). The average Bonchev–Trinajstić information content (AvgIpc) is 3.61. The van der Waals surface area contributed by atoms with Crippen LogP contribution in [-0.2, 0) is 0 Å². The van der Waals surface area contributed by atoms with Crippen LogP contribution in [0.5, 0.6) is 0 Å². The van der Waals surface area contributed by atoms with Crippen LogP contribution in [-0.4, -0.2) is 15.0 Å². The van der Waals surface area contributed by atoms with Crippen LogP contribution in [0.15, 0.2) is 151 Å². The topological polar surface area (TPSA) is 38.7 Å². The third kappa shape index (κ3) is 5.33. The smallest absolute Gasteiger partial charge is 0.170 e. The van der Waals surface area contributed by atoms with Crippen molar-refractivity contribution in [2.75, 3.05) is 0 Å². The van der Waals surface area contributed by atoms with Crippen molar-refractivity contribution < 1.29 is 0 Å². The van der Waals surface area contributed by atoms with E-state index in [-0.39, 0.29) is 0 Å². The van der Waals surface area contributed by atoms with Gasteiger partial charge < -0.3 is 0 Å². The fourth-order valence-corrected chi connectivity index (χ4v) is 5.63. The summed E-state index contributed by atoms with van der Waals surface area (Å²) in [6, 6.07) is 46.5. The fraction of sp³-hybridized carbons (Fsp3) is 0. The van der Waals surface area contributed by atoms with Crippen molar-refractivity contribution in [3.8, 4) is 66.6 Å². The van der Waals surface area contributed by atoms with E-state index in [9.17, 15) is 0 Å². The number of nitrogens with zero attached hydrogens (tertiary/aromatic N) is 3. The highest BCUT2D eigenvalue weighted by Gasteiger charge is 2.12. The first-order valence-electron chi connectivity index (χ1n) is 13.5. The third-order valence-electron chi connectivity index (χ3n) is 7.13. The molecule has 194 valence electrons. The Hall–Kier alpha value is -5.19. The highest BCUT2D eigenvalue weighted by Crippen LogP contribution is 2.32. The minimum atomic E-state index is 0.743. The van der Waals surface area contributed by atoms with E-state index in [2.05, 4.69) is 126 Å². The minimum absolute atomic E-state index is 0.743. The number of hydrogen-bond donors (Lipinski definition) is 0. The lowest BCUT2D eigenvalue weighted by atomic mass is 9.98. The molecule has 0 fully saturated rings. The normalized spacial score (nSPS) is 10.9. The monoisotopic (exact) mass is 543 g/mol. The molecule has 3 heterocycles. The molecule has 0 aliphatic heterocycles. The van der Waals surface area contributed by atoms with E-state index >= 15 is 0 Å². The molecule has 0 unspecified atom stereocenters. The molecule has 0 aliphatic rings. The zero-order valence-corrected chi connectivity index (χ0v) is 23.0. The van der Waals surface area contributed by atoms with Gasteiger partial charge in [0, 0.05) is 29.1 Å². The molecule has 0 radical (unpaired) electrons. The summed E-state index contributed by atoms with van der Waals surface area (Å²) in [5.74, 6) is 0.743. The number of benzene rings is 4. The van der Waals surface area contributed by atoms with Crippen molar-refractivity contribution >= 4 is 11.3 Å². The number of pyridine rings is 1. The largest absolute Gasteiger partial charge is 0.264 e. The molecule has 41 heavy (non-hydrogen) atoms. The Morgan fingerprint density at radius 3 is 1.59 bits per heavy atom. The summed E-state index contributed by atoms with van der Waals surface area (Å²) in [6.07, 6.45) is 3.70. The lowest BCUT2D eigenvalue weighted by molar-refractivity contribution is 1.19. The summed E-state index contributed by atoms with van der Waals surface area (Å²) in [5.41, 5.74) is 10.9. The first-order chi connectivity index (χ1) is 20.3. The van der Waals surface area contributed by atoms with E-state index in [0.29, 0.717) is 0 Å². The van der Waals surface area contributed by atoms with Gasteiger partial charge in [-0.05, 0) is 57.5 Å². The Labute approximate surface area is 243 Å². The van der Waals surface area contributed by atoms with Gasteiger partial charge in [-0.3, -0.25) is 4.98 Å². The van der Waals surface area contributed by atoms with Gasteiger partial charge in [-0.2, -0.15) is 0 Å². The van der Waals surface area contributed by atoms with Gasteiger partial charge in [0.25, 0.3) is 0 Å². The van der Waals surface area contributed by atoms with Crippen LogP contribution in [0.25, 0.3) is 66.6 Å². The maximum atomic E-state index is 4.99. The standard InChI is InChI=1S/C37H25N3S/c1-2-7-26(8-3-1)27-13-17-29(18-14-27)34-24-35(40-37(39-34)36-12-6-22-41-36)30-19-15-28(16-20-30)31-9-4-10-32(23-31)33-11-5-21-38-25-33/h1-25H. The van der Waals surface area contributed by atoms with Gasteiger partial charge in [-0.15, -0.1) is 11.3 Å². The van der Waals surface area contributed by atoms with Crippen LogP contribution in [0.2, 0.25) is 0 Å². The van der Waals surface area contributed by atoms with Crippen molar-refractivity contribution in [1.82, 2.24) is 15.0 Å². The summed E-state index contributed by atoms with van der Waals surface area (Å²) in [7, 11) is 0. The Kier molecular flexibility index (Phi) is 6.73. The van der Waals surface area contributed by atoms with Crippen molar-refractivity contribution in [2.24, 2.45) is 0 Å². The predicted octanol–water partition coefficient (Wildman–Crippen LogP) is 9.94. The molecule has 4 aromatic carbocycles. The molecule has 0 saturated heterocycles. The van der Waals surface area contributed by atoms with Crippen molar-refractivity contribution in [2.45, 2.75) is 0 Å². The molecular weight excluding hydrogens is 518 g/mol. The molecule has 7 aromatic rings. The van der Waals surface area contributed by atoms with Crippen LogP contribution in [0.1, 0.15) is 0 Å². The van der Waals surface area contributed by atoms with Gasteiger partial charge in [0.1, 0.15) is 0 Å². The molecule has 0 aliphatic carbocycles. The molecule has 0 spiro atoms. The Morgan fingerprint density at radius 1 is 0.415 bits per heavy atom. The zero-order valence-electron chi connectivity index (χ0n) is 22.2. The van der Waals surface area contributed by atoms with Gasteiger partial charge in [-0.25, -0.2) is 9.97 Å². The second-order valence-electron chi connectivity index (χ2n) is 9.78. The third-order valence-corrected chi connectivity index (χ3v) is 7.99. The highest BCUT2D eigenvalue weighted by atomic mass is 32.1. The molecule has 0 atom stereocenters. The first-order valence-corrected chi connectivity index (χ1v) is 14.4. The van der Waals surface area contributed by atoms with Gasteiger partial charge in [-0.1, -0.05) is 109 Å². The molecule has 4 heteroatoms. The molecule has 0 bridgehead atoms. The molecule has 3 nitrogen and oxygen atoms in total. The molecule has 3 aromatic heterocycles. The van der Waals surface area contributed by atoms with Crippen LogP contribution >= 0.6 is 11.3 Å². The lowest BCUT2D eigenvalue weighted by Gasteiger charge is -2.10. The van der Waals surface area contributed by atoms with Crippen LogP contribution in [0, 0.1) is 0 Å². The van der Waals surface area contributed by atoms with E-state index in [0.717, 1.165) is 49.9 Å². The second-order valence-corrected chi connectivity index (χ2v) is 10.7. The summed E-state index contributed by atoms with van der Waals surface area (Å²) in [5, 5.41) is 2.06. The Morgan fingerprint density at radius 2 is 0.976 bits per heavy atom. The van der Waals surface area contributed by atoms with Crippen molar-refractivity contribution in [1.29, 1.82) is 0 Å². The Bertz CT molecular complexity index is 1900. The molecular formula is C37H25N3S. The number of aromatic nitrogens is 3. The van der Waals surface area contributed by atoms with Crippen LogP contribution in [0.4, 0.5) is 0 Å². The minimum Gasteiger partial charge on any atom is -0.264 e. The van der Waals surface area contributed by atoms with E-state index in [4.69, 9.17) is 9.97 Å². The summed E-state index contributed by atoms with van der Waals surface area (Å²) in [4.78, 5) is 15.3. The number of rotatable bonds is 6. The predicted molar refractivity (Wildman–Crippen MR) is 170 cm³/mol. The van der Waals surface area contributed by atoms with Gasteiger partial charge >= 0.3 is 0 Å². The lowest BCUT2D eigenvalue weighted by Crippen LogP contribution is -1.95. The Balaban J connectivity index is 1.24. The zero-order chi connectivity index (χ0) is 27.4. The number of thiophene rings is 1. The maximum absolute atomic E-state index is 4.99. The molecule has 0 amide bonds. The number of hydrogen-bond acceptors (Lipinski definition) is 4.